The molecule has 0 amide bonds. The molecule has 1 aromatic rings. The minimum atomic E-state index is -1.53. The highest BCUT2D eigenvalue weighted by Crippen LogP contribution is 2.31. The zero-order valence-electron chi connectivity index (χ0n) is 13.3. The van der Waals surface area contributed by atoms with Crippen molar-refractivity contribution in [2.45, 2.75) is 12.8 Å². The number of fused-ring (bicyclic) bond motifs is 1. The molecule has 0 atom stereocenters. The molecule has 23 heavy (non-hydrogen) atoms. The van der Waals surface area contributed by atoms with Gasteiger partial charge in [0.2, 0.25) is 0 Å². The van der Waals surface area contributed by atoms with Crippen LogP contribution in [-0.4, -0.2) is 32.8 Å². The number of methoxy groups -OCH3 is 2. The highest BCUT2D eigenvalue weighted by molar-refractivity contribution is 6.03. The van der Waals surface area contributed by atoms with Gasteiger partial charge in [-0.15, -0.1) is 6.58 Å². The minimum Gasteiger partial charge on any atom is -0.493 e. The van der Waals surface area contributed by atoms with Gasteiger partial charge in [0.05, 0.1) is 20.8 Å². The zero-order chi connectivity index (χ0) is 16.9. The first-order valence-electron chi connectivity index (χ1n) is 7.30. The Bertz CT molecular complexity index is 629. The number of carbonyl (C=O) groups is 2. The summed E-state index contributed by atoms with van der Waals surface area (Å²) < 4.78 is 15.1. The molecule has 0 aliphatic carbocycles. The quantitative estimate of drug-likeness (QED) is 0.458. The zero-order valence-corrected chi connectivity index (χ0v) is 13.3. The van der Waals surface area contributed by atoms with Gasteiger partial charge in [0, 0.05) is 6.42 Å². The first-order valence-corrected chi connectivity index (χ1v) is 7.30. The molecule has 1 aliphatic rings. The Morgan fingerprint density at radius 1 is 1.30 bits per heavy atom. The third-order valence-corrected chi connectivity index (χ3v) is 3.84. The van der Waals surface area contributed by atoms with Crippen molar-refractivity contribution in [3.8, 4) is 5.75 Å². The number of rotatable bonds is 6. The lowest BCUT2D eigenvalue weighted by Crippen LogP contribution is -2.39. The van der Waals surface area contributed by atoms with Crippen molar-refractivity contribution in [3.63, 3.8) is 0 Å². The largest absolute Gasteiger partial charge is 0.493 e. The molecule has 0 aromatic heterocycles. The molecule has 5 nitrogen and oxygen atoms in total. The number of hydrogen-bond acceptors (Lipinski definition) is 5. The van der Waals surface area contributed by atoms with Gasteiger partial charge in [-0.2, -0.15) is 0 Å². The van der Waals surface area contributed by atoms with Gasteiger partial charge in [0.1, 0.15) is 5.75 Å². The van der Waals surface area contributed by atoms with E-state index >= 15 is 0 Å². The number of esters is 2. The number of benzene rings is 1. The highest BCUT2D eigenvalue weighted by Gasteiger charge is 2.45. The molecule has 5 heteroatoms. The molecule has 1 aromatic carbocycles. The van der Waals surface area contributed by atoms with E-state index in [0.29, 0.717) is 6.61 Å². The lowest BCUT2D eigenvalue weighted by atomic mass is 9.83. The van der Waals surface area contributed by atoms with Crippen molar-refractivity contribution in [2.24, 2.45) is 5.41 Å². The molecule has 0 bridgehead atoms. The van der Waals surface area contributed by atoms with Gasteiger partial charge in [0.15, 0.2) is 5.41 Å². The average molecular weight is 316 g/mol. The number of allylic oxidation sites excluding steroid dienone is 1. The normalized spacial score (nSPS) is 13.3. The third kappa shape index (κ3) is 3.28. The first-order chi connectivity index (χ1) is 11.1. The monoisotopic (exact) mass is 316 g/mol. The molecule has 0 spiro atoms. The Balaban J connectivity index is 2.37. The van der Waals surface area contributed by atoms with Crippen LogP contribution >= 0.6 is 0 Å². The van der Waals surface area contributed by atoms with E-state index in [4.69, 9.17) is 14.2 Å². The Morgan fingerprint density at radius 2 is 2.00 bits per heavy atom. The van der Waals surface area contributed by atoms with Crippen LogP contribution in [0.2, 0.25) is 0 Å². The van der Waals surface area contributed by atoms with E-state index in [1.165, 1.54) is 26.4 Å². The summed E-state index contributed by atoms with van der Waals surface area (Å²) in [5.74, 6) is -0.476. The predicted octanol–water partition coefficient (Wildman–Crippen LogP) is 2.54. The Labute approximate surface area is 135 Å². The van der Waals surface area contributed by atoms with Gasteiger partial charge in [-0.25, -0.2) is 0 Å². The van der Waals surface area contributed by atoms with Crippen molar-refractivity contribution in [1.82, 2.24) is 0 Å². The molecule has 122 valence electrons. The van der Waals surface area contributed by atoms with E-state index in [2.05, 4.69) is 6.58 Å². The smallest absolute Gasteiger partial charge is 0.327 e. The second-order valence-electron chi connectivity index (χ2n) is 5.25. The van der Waals surface area contributed by atoms with Crippen LogP contribution in [0.25, 0.3) is 6.08 Å². The second kappa shape index (κ2) is 7.13. The summed E-state index contributed by atoms with van der Waals surface area (Å²) in [6.07, 6.45) is 5.67. The van der Waals surface area contributed by atoms with E-state index in [1.54, 1.807) is 6.08 Å². The van der Waals surface area contributed by atoms with E-state index in [1.807, 2.05) is 18.2 Å². The van der Waals surface area contributed by atoms with Crippen LogP contribution < -0.4 is 4.74 Å². The highest BCUT2D eigenvalue weighted by atomic mass is 16.5. The van der Waals surface area contributed by atoms with Crippen LogP contribution in [0.1, 0.15) is 17.5 Å². The fourth-order valence-electron chi connectivity index (χ4n) is 2.59. The summed E-state index contributed by atoms with van der Waals surface area (Å²) in [6, 6.07) is 5.73. The summed E-state index contributed by atoms with van der Waals surface area (Å²) in [5, 5.41) is 0. The van der Waals surface area contributed by atoms with Gasteiger partial charge in [-0.05, 0) is 29.7 Å². The van der Waals surface area contributed by atoms with E-state index in [9.17, 15) is 9.59 Å². The predicted molar refractivity (Wildman–Crippen MR) is 86.0 cm³/mol. The molecule has 1 heterocycles. The summed E-state index contributed by atoms with van der Waals surface area (Å²) >= 11 is 0. The lowest BCUT2D eigenvalue weighted by Gasteiger charge is -2.23. The van der Waals surface area contributed by atoms with Crippen molar-refractivity contribution in [1.29, 1.82) is 0 Å². The number of carbonyl (C=O) groups excluding carboxylic acids is 2. The molecular formula is C18H20O5. The third-order valence-electron chi connectivity index (χ3n) is 3.84. The maximum atomic E-state index is 12.2. The molecule has 0 saturated carbocycles. The maximum Gasteiger partial charge on any atom is 0.327 e. The molecule has 0 fully saturated rings. The molecule has 0 N–H and O–H groups in total. The summed E-state index contributed by atoms with van der Waals surface area (Å²) in [6.45, 7) is 4.29. The van der Waals surface area contributed by atoms with Gasteiger partial charge >= 0.3 is 11.9 Å². The Hall–Kier alpha value is -2.56. The standard InChI is InChI=1S/C18H20O5/c1-4-9-18(16(19)21-2,17(20)22-3)10-7-13-5-6-15-14(12-13)8-11-23-15/h4-7,10,12H,1,8-9,11H2,2-3H3/b10-7+. The van der Waals surface area contributed by atoms with Gasteiger partial charge in [0.25, 0.3) is 0 Å². The lowest BCUT2D eigenvalue weighted by molar-refractivity contribution is -0.164. The summed E-state index contributed by atoms with van der Waals surface area (Å²) in [5.41, 5.74) is 0.453. The van der Waals surface area contributed by atoms with Crippen molar-refractivity contribution in [3.05, 3.63) is 48.1 Å². The SMILES string of the molecule is C=CCC(/C=C/c1ccc2c(c1)CCO2)(C(=O)OC)C(=O)OC. The van der Waals surface area contributed by atoms with Crippen LogP contribution in [0.4, 0.5) is 0 Å². The number of ether oxygens (including phenoxy) is 3. The Morgan fingerprint density at radius 3 is 2.61 bits per heavy atom. The van der Waals surface area contributed by atoms with E-state index < -0.39 is 17.4 Å². The van der Waals surface area contributed by atoms with Crippen molar-refractivity contribution in [2.75, 3.05) is 20.8 Å². The van der Waals surface area contributed by atoms with Crippen molar-refractivity contribution >= 4 is 18.0 Å². The van der Waals surface area contributed by atoms with Gasteiger partial charge in [-0.3, -0.25) is 9.59 Å². The molecule has 2 rings (SSSR count). The van der Waals surface area contributed by atoms with E-state index in [-0.39, 0.29) is 6.42 Å². The van der Waals surface area contributed by atoms with Crippen molar-refractivity contribution < 1.29 is 23.8 Å². The molecular weight excluding hydrogens is 296 g/mol. The summed E-state index contributed by atoms with van der Waals surface area (Å²) in [4.78, 5) is 24.4. The minimum absolute atomic E-state index is 0.0941. The maximum absolute atomic E-state index is 12.2. The van der Waals surface area contributed by atoms with Crippen LogP contribution in [0.15, 0.2) is 36.9 Å². The average Bonchev–Trinajstić information content (AvgIpc) is 3.04. The summed E-state index contributed by atoms with van der Waals surface area (Å²) in [7, 11) is 2.48. The fourth-order valence-corrected chi connectivity index (χ4v) is 2.59. The van der Waals surface area contributed by atoms with Crippen LogP contribution in [0.5, 0.6) is 5.75 Å². The number of hydrogen-bond donors (Lipinski definition) is 0. The second-order valence-corrected chi connectivity index (χ2v) is 5.25. The van der Waals surface area contributed by atoms with Gasteiger partial charge < -0.3 is 14.2 Å². The van der Waals surface area contributed by atoms with Crippen LogP contribution in [0.3, 0.4) is 0 Å². The topological polar surface area (TPSA) is 61.8 Å². The molecule has 0 unspecified atom stereocenters. The Kier molecular flexibility index (Phi) is 5.21. The molecule has 0 radical (unpaired) electrons. The molecule has 0 saturated heterocycles. The van der Waals surface area contributed by atoms with E-state index in [0.717, 1.165) is 23.3 Å². The van der Waals surface area contributed by atoms with Gasteiger partial charge in [-0.1, -0.05) is 24.3 Å². The first kappa shape index (κ1) is 16.8. The fraction of sp³-hybridized carbons (Fsp3) is 0.333. The van der Waals surface area contributed by atoms with Crippen LogP contribution in [-0.2, 0) is 25.5 Å². The van der Waals surface area contributed by atoms with Crippen LogP contribution in [0, 0.1) is 5.41 Å². The molecule has 1 aliphatic heterocycles.